The standard InChI is InChI=1S/C18H23N3/c1-19-14-16-10-13-20-17(21-16)18(11-6-3-7-12-18)15-8-4-2-5-9-15/h2,4-5,8-10,13,19H,3,6-7,11-12,14H2,1H3. The molecule has 0 bridgehead atoms. The molecule has 0 saturated heterocycles. The first-order valence-electron chi connectivity index (χ1n) is 7.88. The monoisotopic (exact) mass is 281 g/mol. The van der Waals surface area contributed by atoms with Gasteiger partial charge in [0.2, 0.25) is 0 Å². The Morgan fingerprint density at radius 1 is 1.05 bits per heavy atom. The van der Waals surface area contributed by atoms with Crippen LogP contribution in [0.2, 0.25) is 0 Å². The Balaban J connectivity index is 2.05. The van der Waals surface area contributed by atoms with E-state index in [4.69, 9.17) is 4.98 Å². The maximum atomic E-state index is 4.86. The van der Waals surface area contributed by atoms with Gasteiger partial charge >= 0.3 is 0 Å². The Morgan fingerprint density at radius 2 is 1.81 bits per heavy atom. The Kier molecular flexibility index (Phi) is 4.30. The second-order valence-electron chi connectivity index (χ2n) is 5.91. The van der Waals surface area contributed by atoms with Crippen LogP contribution in [0.4, 0.5) is 0 Å². The summed E-state index contributed by atoms with van der Waals surface area (Å²) in [6, 6.07) is 12.8. The summed E-state index contributed by atoms with van der Waals surface area (Å²) in [4.78, 5) is 9.52. The Bertz CT molecular complexity index is 574. The highest BCUT2D eigenvalue weighted by Crippen LogP contribution is 2.43. The van der Waals surface area contributed by atoms with Crippen molar-refractivity contribution in [3.8, 4) is 0 Å². The number of hydrogen-bond donors (Lipinski definition) is 1. The van der Waals surface area contributed by atoms with E-state index < -0.39 is 0 Å². The number of hydrogen-bond acceptors (Lipinski definition) is 3. The molecule has 2 aromatic rings. The van der Waals surface area contributed by atoms with E-state index in [1.165, 1.54) is 24.8 Å². The van der Waals surface area contributed by atoms with Crippen molar-refractivity contribution in [2.24, 2.45) is 0 Å². The second-order valence-corrected chi connectivity index (χ2v) is 5.91. The molecule has 21 heavy (non-hydrogen) atoms. The van der Waals surface area contributed by atoms with Gasteiger partial charge in [-0.25, -0.2) is 9.97 Å². The maximum Gasteiger partial charge on any atom is 0.139 e. The molecule has 1 aromatic heterocycles. The fraction of sp³-hybridized carbons (Fsp3) is 0.444. The van der Waals surface area contributed by atoms with E-state index in [-0.39, 0.29) is 5.41 Å². The van der Waals surface area contributed by atoms with Crippen LogP contribution in [0.3, 0.4) is 0 Å². The number of nitrogens with zero attached hydrogens (tertiary/aromatic N) is 2. The van der Waals surface area contributed by atoms with E-state index in [9.17, 15) is 0 Å². The zero-order chi connectivity index (χ0) is 14.5. The first-order chi connectivity index (χ1) is 10.3. The molecule has 3 rings (SSSR count). The zero-order valence-corrected chi connectivity index (χ0v) is 12.7. The van der Waals surface area contributed by atoms with Crippen LogP contribution >= 0.6 is 0 Å². The Hall–Kier alpha value is -1.74. The number of aromatic nitrogens is 2. The van der Waals surface area contributed by atoms with Gasteiger partial charge in [-0.3, -0.25) is 0 Å². The lowest BCUT2D eigenvalue weighted by atomic mass is 9.68. The van der Waals surface area contributed by atoms with Crippen molar-refractivity contribution < 1.29 is 0 Å². The fourth-order valence-electron chi connectivity index (χ4n) is 3.46. The summed E-state index contributed by atoms with van der Waals surface area (Å²) < 4.78 is 0. The van der Waals surface area contributed by atoms with Crippen LogP contribution < -0.4 is 5.32 Å². The third kappa shape index (κ3) is 2.84. The van der Waals surface area contributed by atoms with Gasteiger partial charge in [0.25, 0.3) is 0 Å². The number of nitrogens with one attached hydrogen (secondary N) is 1. The quantitative estimate of drug-likeness (QED) is 0.933. The molecule has 1 N–H and O–H groups in total. The summed E-state index contributed by atoms with van der Waals surface area (Å²) in [5, 5.41) is 3.18. The third-order valence-corrected chi connectivity index (χ3v) is 4.53. The molecule has 3 nitrogen and oxygen atoms in total. The van der Waals surface area contributed by atoms with E-state index in [0.29, 0.717) is 0 Å². The van der Waals surface area contributed by atoms with Crippen LogP contribution in [-0.4, -0.2) is 17.0 Å². The van der Waals surface area contributed by atoms with Crippen molar-refractivity contribution in [2.45, 2.75) is 44.1 Å². The Labute approximate surface area is 126 Å². The van der Waals surface area contributed by atoms with Crippen molar-refractivity contribution in [3.05, 3.63) is 59.7 Å². The predicted molar refractivity (Wildman–Crippen MR) is 85.1 cm³/mol. The van der Waals surface area contributed by atoms with Crippen molar-refractivity contribution in [1.82, 2.24) is 15.3 Å². The molecule has 0 aliphatic heterocycles. The lowest BCUT2D eigenvalue weighted by Gasteiger charge is -2.36. The number of benzene rings is 1. The van der Waals surface area contributed by atoms with Gasteiger partial charge in [-0.05, 0) is 31.5 Å². The van der Waals surface area contributed by atoms with Crippen LogP contribution in [-0.2, 0) is 12.0 Å². The fourth-order valence-corrected chi connectivity index (χ4v) is 3.46. The van der Waals surface area contributed by atoms with E-state index in [0.717, 1.165) is 30.9 Å². The normalized spacial score (nSPS) is 17.6. The molecule has 1 aliphatic carbocycles. The molecular weight excluding hydrogens is 258 g/mol. The minimum atomic E-state index is 0.00324. The van der Waals surface area contributed by atoms with Crippen LogP contribution in [0, 0.1) is 0 Å². The van der Waals surface area contributed by atoms with Gasteiger partial charge in [0.1, 0.15) is 5.82 Å². The highest BCUT2D eigenvalue weighted by molar-refractivity contribution is 5.33. The molecule has 0 unspecified atom stereocenters. The molecular formula is C18H23N3. The lowest BCUT2D eigenvalue weighted by Crippen LogP contribution is -2.33. The summed E-state index contributed by atoms with van der Waals surface area (Å²) in [6.07, 6.45) is 8.06. The average Bonchev–Trinajstić information content (AvgIpc) is 2.57. The van der Waals surface area contributed by atoms with Crippen molar-refractivity contribution in [1.29, 1.82) is 0 Å². The van der Waals surface area contributed by atoms with Gasteiger partial charge < -0.3 is 5.32 Å². The summed E-state index contributed by atoms with van der Waals surface area (Å²) in [5.74, 6) is 1.00. The van der Waals surface area contributed by atoms with Crippen molar-refractivity contribution >= 4 is 0 Å². The van der Waals surface area contributed by atoms with Crippen LogP contribution in [0.5, 0.6) is 0 Å². The van der Waals surface area contributed by atoms with Gasteiger partial charge in [0, 0.05) is 12.7 Å². The van der Waals surface area contributed by atoms with Gasteiger partial charge in [0.05, 0.1) is 11.1 Å². The molecule has 1 aromatic carbocycles. The topological polar surface area (TPSA) is 37.8 Å². The van der Waals surface area contributed by atoms with Crippen LogP contribution in [0.25, 0.3) is 0 Å². The molecule has 0 radical (unpaired) electrons. The van der Waals surface area contributed by atoms with Gasteiger partial charge in [-0.1, -0.05) is 49.6 Å². The second kappa shape index (κ2) is 6.35. The smallest absolute Gasteiger partial charge is 0.139 e. The summed E-state index contributed by atoms with van der Waals surface area (Å²) in [6.45, 7) is 0.792. The maximum absolute atomic E-state index is 4.86. The molecule has 3 heteroatoms. The van der Waals surface area contributed by atoms with E-state index in [1.807, 2.05) is 19.3 Å². The predicted octanol–water partition coefficient (Wildman–Crippen LogP) is 3.45. The van der Waals surface area contributed by atoms with Crippen LogP contribution in [0.1, 0.15) is 49.2 Å². The molecule has 1 saturated carbocycles. The first-order valence-corrected chi connectivity index (χ1v) is 7.88. The highest BCUT2D eigenvalue weighted by atomic mass is 14.9. The van der Waals surface area contributed by atoms with E-state index >= 15 is 0 Å². The number of rotatable bonds is 4. The van der Waals surface area contributed by atoms with Crippen molar-refractivity contribution in [3.63, 3.8) is 0 Å². The molecule has 0 spiro atoms. The average molecular weight is 281 g/mol. The SMILES string of the molecule is CNCc1ccnc(C2(c3ccccc3)CCCCC2)n1. The molecule has 1 fully saturated rings. The Morgan fingerprint density at radius 3 is 2.52 bits per heavy atom. The summed E-state index contributed by atoms with van der Waals surface area (Å²) in [7, 11) is 1.95. The van der Waals surface area contributed by atoms with Gasteiger partial charge in [0.15, 0.2) is 0 Å². The van der Waals surface area contributed by atoms with Crippen molar-refractivity contribution in [2.75, 3.05) is 7.05 Å². The molecule has 0 amide bonds. The largest absolute Gasteiger partial charge is 0.314 e. The lowest BCUT2D eigenvalue weighted by molar-refractivity contribution is 0.329. The summed E-state index contributed by atoms with van der Waals surface area (Å²) >= 11 is 0. The van der Waals surface area contributed by atoms with Gasteiger partial charge in [-0.15, -0.1) is 0 Å². The minimum absolute atomic E-state index is 0.00324. The van der Waals surface area contributed by atoms with E-state index in [1.54, 1.807) is 0 Å². The van der Waals surface area contributed by atoms with Crippen LogP contribution in [0.15, 0.2) is 42.6 Å². The highest BCUT2D eigenvalue weighted by Gasteiger charge is 2.38. The molecule has 0 atom stereocenters. The zero-order valence-electron chi connectivity index (χ0n) is 12.7. The molecule has 1 aliphatic rings. The molecule has 1 heterocycles. The first kappa shape index (κ1) is 14.2. The minimum Gasteiger partial charge on any atom is -0.314 e. The van der Waals surface area contributed by atoms with E-state index in [2.05, 4.69) is 40.6 Å². The van der Waals surface area contributed by atoms with Gasteiger partial charge in [-0.2, -0.15) is 0 Å². The molecule has 110 valence electrons. The third-order valence-electron chi connectivity index (χ3n) is 4.53. The summed E-state index contributed by atoms with van der Waals surface area (Å²) in [5.41, 5.74) is 2.44.